The maximum Gasteiger partial charge on any atom is 0.227 e. The van der Waals surface area contributed by atoms with Crippen molar-refractivity contribution in [1.29, 1.82) is 0 Å². The standard InChI is InChI=1S/C23H19BrN2O3/c1-13-4-5-15(8-14(13)2)23-26-19-11-18(6-7-20(19)29-23)25-12-16-9-17(24)10-21(28-3)22(16)27/h4-12,27H,1-3H3. The number of nitrogens with zero attached hydrogens (tertiary/aromatic N) is 2. The number of phenolic OH excluding ortho intramolecular Hbond substituents is 1. The van der Waals surface area contributed by atoms with Crippen LogP contribution in [0.4, 0.5) is 5.69 Å². The smallest absolute Gasteiger partial charge is 0.227 e. The average Bonchev–Trinajstić information content (AvgIpc) is 3.13. The van der Waals surface area contributed by atoms with Gasteiger partial charge in [0, 0.05) is 21.8 Å². The van der Waals surface area contributed by atoms with E-state index in [4.69, 9.17) is 9.15 Å². The fourth-order valence-corrected chi connectivity index (χ4v) is 3.44. The Balaban J connectivity index is 1.67. The molecule has 0 atom stereocenters. The minimum absolute atomic E-state index is 0.0407. The number of ether oxygens (including phenoxy) is 1. The molecule has 0 unspecified atom stereocenters. The number of aromatic nitrogens is 1. The predicted octanol–water partition coefficient (Wildman–Crippen LogP) is 6.34. The molecule has 4 aromatic rings. The molecule has 0 aliphatic rings. The van der Waals surface area contributed by atoms with Crippen LogP contribution in [0.3, 0.4) is 0 Å². The van der Waals surface area contributed by atoms with E-state index in [1.165, 1.54) is 18.2 Å². The fourth-order valence-electron chi connectivity index (χ4n) is 2.99. The second-order valence-electron chi connectivity index (χ2n) is 6.77. The number of halogens is 1. The molecule has 0 saturated carbocycles. The van der Waals surface area contributed by atoms with E-state index in [2.05, 4.69) is 51.9 Å². The number of hydrogen-bond donors (Lipinski definition) is 1. The molecule has 1 N–H and O–H groups in total. The monoisotopic (exact) mass is 450 g/mol. The molecular weight excluding hydrogens is 432 g/mol. The maximum absolute atomic E-state index is 10.3. The van der Waals surface area contributed by atoms with Crippen molar-refractivity contribution in [3.8, 4) is 23.0 Å². The van der Waals surface area contributed by atoms with Gasteiger partial charge in [0.15, 0.2) is 17.1 Å². The molecular formula is C23H19BrN2O3. The van der Waals surface area contributed by atoms with Gasteiger partial charge in [0.2, 0.25) is 5.89 Å². The summed E-state index contributed by atoms with van der Waals surface area (Å²) in [5.41, 5.74) is 6.05. The number of aliphatic imine (C=N–C) groups is 1. The lowest BCUT2D eigenvalue weighted by molar-refractivity contribution is 0.373. The molecule has 1 heterocycles. The Bertz CT molecular complexity index is 1240. The summed E-state index contributed by atoms with van der Waals surface area (Å²) in [6, 6.07) is 15.2. The van der Waals surface area contributed by atoms with Crippen molar-refractivity contribution in [3.05, 3.63) is 69.7 Å². The Kier molecular flexibility index (Phi) is 5.11. The van der Waals surface area contributed by atoms with Crippen LogP contribution in [-0.2, 0) is 0 Å². The molecule has 1 aromatic heterocycles. The second-order valence-corrected chi connectivity index (χ2v) is 7.69. The zero-order valence-electron chi connectivity index (χ0n) is 16.2. The minimum Gasteiger partial charge on any atom is -0.504 e. The quantitative estimate of drug-likeness (QED) is 0.368. The van der Waals surface area contributed by atoms with E-state index >= 15 is 0 Å². The Hall–Kier alpha value is -3.12. The van der Waals surface area contributed by atoms with Gasteiger partial charge in [-0.2, -0.15) is 0 Å². The van der Waals surface area contributed by atoms with Gasteiger partial charge in [0.25, 0.3) is 0 Å². The third-order valence-electron chi connectivity index (χ3n) is 4.77. The fraction of sp³-hybridized carbons (Fsp3) is 0.130. The zero-order chi connectivity index (χ0) is 20.5. The van der Waals surface area contributed by atoms with Crippen LogP contribution in [0.2, 0.25) is 0 Å². The van der Waals surface area contributed by atoms with Crippen molar-refractivity contribution in [2.75, 3.05) is 7.11 Å². The Morgan fingerprint density at radius 2 is 1.90 bits per heavy atom. The van der Waals surface area contributed by atoms with Crippen LogP contribution < -0.4 is 4.74 Å². The van der Waals surface area contributed by atoms with E-state index in [1.807, 2.05) is 24.3 Å². The zero-order valence-corrected chi connectivity index (χ0v) is 17.8. The largest absolute Gasteiger partial charge is 0.504 e. The van der Waals surface area contributed by atoms with Crippen LogP contribution in [0.25, 0.3) is 22.6 Å². The van der Waals surface area contributed by atoms with Crippen LogP contribution in [0, 0.1) is 13.8 Å². The first-order valence-electron chi connectivity index (χ1n) is 9.03. The van der Waals surface area contributed by atoms with Gasteiger partial charge in [0.05, 0.1) is 12.8 Å². The van der Waals surface area contributed by atoms with Gasteiger partial charge >= 0.3 is 0 Å². The van der Waals surface area contributed by atoms with E-state index in [1.54, 1.807) is 18.3 Å². The third-order valence-corrected chi connectivity index (χ3v) is 5.22. The summed E-state index contributed by atoms with van der Waals surface area (Å²) in [4.78, 5) is 9.08. The Morgan fingerprint density at radius 1 is 1.07 bits per heavy atom. The molecule has 0 aliphatic carbocycles. The normalized spacial score (nSPS) is 11.4. The highest BCUT2D eigenvalue weighted by Crippen LogP contribution is 2.33. The number of oxazole rings is 1. The molecule has 0 spiro atoms. The molecule has 29 heavy (non-hydrogen) atoms. The van der Waals surface area contributed by atoms with Gasteiger partial charge in [-0.1, -0.05) is 22.0 Å². The number of aromatic hydroxyl groups is 1. The molecule has 0 aliphatic heterocycles. The van der Waals surface area contributed by atoms with Gasteiger partial charge < -0.3 is 14.3 Å². The lowest BCUT2D eigenvalue weighted by Gasteiger charge is -2.06. The SMILES string of the molecule is COc1cc(Br)cc(C=Nc2ccc3oc(-c4ccc(C)c(C)c4)nc3c2)c1O. The number of methoxy groups -OCH3 is 1. The predicted molar refractivity (Wildman–Crippen MR) is 119 cm³/mol. The van der Waals surface area contributed by atoms with Crippen LogP contribution in [0.15, 0.2) is 62.4 Å². The van der Waals surface area contributed by atoms with Crippen LogP contribution in [0.1, 0.15) is 16.7 Å². The number of hydrogen-bond acceptors (Lipinski definition) is 5. The van der Waals surface area contributed by atoms with E-state index in [-0.39, 0.29) is 5.75 Å². The molecule has 0 bridgehead atoms. The van der Waals surface area contributed by atoms with Gasteiger partial charge in [-0.15, -0.1) is 0 Å². The first-order chi connectivity index (χ1) is 13.9. The van der Waals surface area contributed by atoms with Crippen LogP contribution in [0.5, 0.6) is 11.5 Å². The van der Waals surface area contributed by atoms with E-state index in [9.17, 15) is 5.11 Å². The molecule has 0 saturated heterocycles. The molecule has 0 fully saturated rings. The number of phenols is 1. The van der Waals surface area contributed by atoms with Gasteiger partial charge in [-0.25, -0.2) is 4.98 Å². The molecule has 146 valence electrons. The average molecular weight is 451 g/mol. The summed E-state index contributed by atoms with van der Waals surface area (Å²) in [6.07, 6.45) is 1.59. The summed E-state index contributed by atoms with van der Waals surface area (Å²) in [5.74, 6) is 1.00. The molecule has 6 heteroatoms. The summed E-state index contributed by atoms with van der Waals surface area (Å²) in [7, 11) is 1.51. The topological polar surface area (TPSA) is 67.9 Å². The summed E-state index contributed by atoms with van der Waals surface area (Å²) < 4.78 is 11.9. The van der Waals surface area contributed by atoms with Crippen molar-refractivity contribution in [2.24, 2.45) is 4.99 Å². The number of aryl methyl sites for hydroxylation is 2. The lowest BCUT2D eigenvalue weighted by Crippen LogP contribution is -1.89. The first-order valence-corrected chi connectivity index (χ1v) is 9.82. The second kappa shape index (κ2) is 7.72. The van der Waals surface area contributed by atoms with E-state index < -0.39 is 0 Å². The highest BCUT2D eigenvalue weighted by Gasteiger charge is 2.11. The van der Waals surface area contributed by atoms with Crippen molar-refractivity contribution >= 4 is 38.9 Å². The van der Waals surface area contributed by atoms with Gasteiger partial charge in [-0.3, -0.25) is 4.99 Å². The Morgan fingerprint density at radius 3 is 2.66 bits per heavy atom. The van der Waals surface area contributed by atoms with Crippen LogP contribution in [-0.4, -0.2) is 23.4 Å². The third kappa shape index (κ3) is 3.89. The number of rotatable bonds is 4. The molecule has 0 amide bonds. The number of fused-ring (bicyclic) bond motifs is 1. The Labute approximate surface area is 176 Å². The summed E-state index contributed by atoms with van der Waals surface area (Å²) in [5, 5.41) is 10.3. The van der Waals surface area contributed by atoms with Crippen LogP contribution >= 0.6 is 15.9 Å². The van der Waals surface area contributed by atoms with E-state index in [0.29, 0.717) is 28.5 Å². The summed E-state index contributed by atoms with van der Waals surface area (Å²) >= 11 is 3.41. The van der Waals surface area contributed by atoms with Gasteiger partial charge in [0.1, 0.15) is 5.52 Å². The van der Waals surface area contributed by atoms with Crippen molar-refractivity contribution in [2.45, 2.75) is 13.8 Å². The highest BCUT2D eigenvalue weighted by molar-refractivity contribution is 9.10. The summed E-state index contributed by atoms with van der Waals surface area (Å²) in [6.45, 7) is 4.15. The van der Waals surface area contributed by atoms with Crippen molar-refractivity contribution in [3.63, 3.8) is 0 Å². The minimum atomic E-state index is 0.0407. The lowest BCUT2D eigenvalue weighted by atomic mass is 10.1. The molecule has 3 aromatic carbocycles. The molecule has 5 nitrogen and oxygen atoms in total. The van der Waals surface area contributed by atoms with Crippen molar-refractivity contribution < 1.29 is 14.3 Å². The van der Waals surface area contributed by atoms with E-state index in [0.717, 1.165) is 15.6 Å². The maximum atomic E-state index is 10.3. The van der Waals surface area contributed by atoms with Crippen molar-refractivity contribution in [1.82, 2.24) is 4.98 Å². The number of benzene rings is 3. The molecule has 0 radical (unpaired) electrons. The highest BCUT2D eigenvalue weighted by atomic mass is 79.9. The molecule has 4 rings (SSSR count). The first kappa shape index (κ1) is 19.2. The van der Waals surface area contributed by atoms with Gasteiger partial charge in [-0.05, 0) is 67.4 Å².